The van der Waals surface area contributed by atoms with Crippen molar-refractivity contribution >= 4 is 28.7 Å². The predicted molar refractivity (Wildman–Crippen MR) is 104 cm³/mol. The molecular weight excluding hydrogens is 348 g/mol. The van der Waals surface area contributed by atoms with Gasteiger partial charge in [0.2, 0.25) is 0 Å². The van der Waals surface area contributed by atoms with E-state index >= 15 is 0 Å². The maximum Gasteiger partial charge on any atom is 0.322 e. The molecule has 0 atom stereocenters. The average molecular weight is 368 g/mol. The van der Waals surface area contributed by atoms with Crippen LogP contribution in [0.3, 0.4) is 0 Å². The molecule has 0 bridgehead atoms. The molecule has 1 aliphatic rings. The minimum absolute atomic E-state index is 0.0980. The summed E-state index contributed by atoms with van der Waals surface area (Å²) in [5.74, 6) is 0. The summed E-state index contributed by atoms with van der Waals surface area (Å²) < 4.78 is 0. The second-order valence-electron chi connectivity index (χ2n) is 6.09. The van der Waals surface area contributed by atoms with Crippen LogP contribution in [0.25, 0.3) is 10.7 Å². The van der Waals surface area contributed by atoms with Crippen molar-refractivity contribution in [1.82, 2.24) is 20.1 Å². The highest BCUT2D eigenvalue weighted by molar-refractivity contribution is 7.13. The Morgan fingerprint density at radius 2 is 2.04 bits per heavy atom. The molecule has 1 aliphatic heterocycles. The number of rotatable bonds is 3. The summed E-state index contributed by atoms with van der Waals surface area (Å²) in [5.41, 5.74) is 2.61. The lowest BCUT2D eigenvalue weighted by Crippen LogP contribution is -2.38. The van der Waals surface area contributed by atoms with Crippen LogP contribution >= 0.6 is 11.3 Å². The van der Waals surface area contributed by atoms with Crippen molar-refractivity contribution in [3.63, 3.8) is 0 Å². The Labute approximate surface area is 155 Å². The summed E-state index contributed by atoms with van der Waals surface area (Å²) in [4.78, 5) is 21.2. The van der Waals surface area contributed by atoms with Gasteiger partial charge in [-0.15, -0.1) is 11.3 Å². The molecule has 0 unspecified atom stereocenters. The van der Waals surface area contributed by atoms with Crippen molar-refractivity contribution in [2.75, 3.05) is 36.4 Å². The fraction of sp³-hybridized carbons (Fsp3) is 0.278. The number of carbonyl (C=O) groups excluding carboxylic acids is 1. The number of H-pyrrole nitrogens is 1. The molecule has 8 heteroatoms. The Morgan fingerprint density at radius 3 is 2.85 bits per heavy atom. The van der Waals surface area contributed by atoms with Crippen LogP contribution in [0.2, 0.25) is 0 Å². The lowest BCUT2D eigenvalue weighted by atomic mass is 10.3. The first-order valence-corrected chi connectivity index (χ1v) is 9.48. The largest absolute Gasteiger partial charge is 0.370 e. The van der Waals surface area contributed by atoms with E-state index in [-0.39, 0.29) is 6.03 Å². The van der Waals surface area contributed by atoms with Crippen LogP contribution in [-0.2, 0) is 0 Å². The lowest BCUT2D eigenvalue weighted by molar-refractivity contribution is 0.215. The number of amides is 2. The predicted octanol–water partition coefficient (Wildman–Crippen LogP) is 3.28. The van der Waals surface area contributed by atoms with Gasteiger partial charge in [-0.2, -0.15) is 5.10 Å². The molecule has 0 aliphatic carbocycles. The van der Waals surface area contributed by atoms with Crippen LogP contribution < -0.4 is 10.2 Å². The molecule has 3 aromatic rings. The summed E-state index contributed by atoms with van der Waals surface area (Å²) in [5, 5.41) is 12.6. The van der Waals surface area contributed by atoms with Gasteiger partial charge >= 0.3 is 6.03 Å². The van der Waals surface area contributed by atoms with Crippen molar-refractivity contribution < 1.29 is 4.79 Å². The number of benzene rings is 1. The molecule has 1 fully saturated rings. The van der Waals surface area contributed by atoms with Gasteiger partial charge in [-0.25, -0.2) is 9.78 Å². The fourth-order valence-electron chi connectivity index (χ4n) is 3.10. The molecule has 2 N–H and O–H groups in total. The highest BCUT2D eigenvalue weighted by Gasteiger charge is 2.21. The third-order valence-electron chi connectivity index (χ3n) is 4.43. The van der Waals surface area contributed by atoms with E-state index < -0.39 is 0 Å². The highest BCUT2D eigenvalue weighted by Crippen LogP contribution is 2.27. The molecule has 1 aromatic carbocycles. The number of thiazole rings is 1. The topological polar surface area (TPSA) is 77.1 Å². The van der Waals surface area contributed by atoms with E-state index in [0.717, 1.165) is 36.8 Å². The Morgan fingerprint density at radius 1 is 1.15 bits per heavy atom. The number of nitrogens with one attached hydrogen (secondary N) is 2. The average Bonchev–Trinajstić information content (AvgIpc) is 3.29. The van der Waals surface area contributed by atoms with E-state index in [4.69, 9.17) is 0 Å². The van der Waals surface area contributed by atoms with Crippen LogP contribution in [0.5, 0.6) is 0 Å². The molecule has 3 heterocycles. The zero-order valence-electron chi connectivity index (χ0n) is 14.3. The first-order chi connectivity index (χ1) is 12.8. The van der Waals surface area contributed by atoms with Crippen LogP contribution in [0.15, 0.2) is 48.1 Å². The van der Waals surface area contributed by atoms with Gasteiger partial charge in [-0.3, -0.25) is 5.10 Å². The molecule has 1 saturated heterocycles. The van der Waals surface area contributed by atoms with Crippen LogP contribution in [0, 0.1) is 0 Å². The molecule has 2 aromatic heterocycles. The first kappa shape index (κ1) is 16.6. The minimum atomic E-state index is -0.0980. The molecule has 7 nitrogen and oxygen atoms in total. The molecule has 4 rings (SSSR count). The number of hydrogen-bond acceptors (Lipinski definition) is 5. The van der Waals surface area contributed by atoms with Gasteiger partial charge in [0, 0.05) is 43.4 Å². The minimum Gasteiger partial charge on any atom is -0.370 e. The van der Waals surface area contributed by atoms with Crippen molar-refractivity contribution in [2.45, 2.75) is 6.42 Å². The van der Waals surface area contributed by atoms with Gasteiger partial charge in [-0.05, 0) is 18.6 Å². The van der Waals surface area contributed by atoms with E-state index in [2.05, 4.69) is 37.5 Å². The molecular formula is C18H20N6OS. The molecule has 2 amide bonds. The van der Waals surface area contributed by atoms with E-state index in [9.17, 15) is 4.79 Å². The second kappa shape index (κ2) is 7.57. The van der Waals surface area contributed by atoms with Gasteiger partial charge < -0.3 is 15.1 Å². The first-order valence-electron chi connectivity index (χ1n) is 8.60. The Balaban J connectivity index is 1.41. The fourth-order valence-corrected chi connectivity index (χ4v) is 3.75. The van der Waals surface area contributed by atoms with Gasteiger partial charge in [0.25, 0.3) is 0 Å². The normalized spacial score (nSPS) is 14.9. The molecule has 134 valence electrons. The van der Waals surface area contributed by atoms with Crippen molar-refractivity contribution in [2.24, 2.45) is 0 Å². The summed E-state index contributed by atoms with van der Waals surface area (Å²) in [6, 6.07) is 10.2. The van der Waals surface area contributed by atoms with Crippen LogP contribution in [0.1, 0.15) is 6.42 Å². The Hall–Kier alpha value is -2.87. The highest BCUT2D eigenvalue weighted by atomic mass is 32.1. The Kier molecular flexibility index (Phi) is 4.83. The third kappa shape index (κ3) is 3.55. The van der Waals surface area contributed by atoms with Crippen molar-refractivity contribution in [3.05, 3.63) is 48.1 Å². The molecule has 0 radical (unpaired) electrons. The van der Waals surface area contributed by atoms with Crippen LogP contribution in [-0.4, -0.2) is 52.3 Å². The van der Waals surface area contributed by atoms with Crippen LogP contribution in [0.4, 0.5) is 16.2 Å². The SMILES string of the molecule is O=C(Nc1cn[nH]c1-c1nccs1)N1CCCN(c2ccccc2)CC1. The second-order valence-corrected chi connectivity index (χ2v) is 6.98. The number of hydrogen-bond donors (Lipinski definition) is 2. The number of urea groups is 1. The van der Waals surface area contributed by atoms with E-state index in [1.807, 2.05) is 28.5 Å². The zero-order valence-corrected chi connectivity index (χ0v) is 15.1. The van der Waals surface area contributed by atoms with E-state index in [1.54, 1.807) is 12.4 Å². The monoisotopic (exact) mass is 368 g/mol. The maximum absolute atomic E-state index is 12.7. The lowest BCUT2D eigenvalue weighted by Gasteiger charge is -2.23. The van der Waals surface area contributed by atoms with Crippen molar-refractivity contribution in [3.8, 4) is 10.7 Å². The number of para-hydroxylation sites is 1. The van der Waals surface area contributed by atoms with E-state index in [0.29, 0.717) is 12.2 Å². The smallest absolute Gasteiger partial charge is 0.322 e. The molecule has 26 heavy (non-hydrogen) atoms. The summed E-state index contributed by atoms with van der Waals surface area (Å²) in [6.45, 7) is 3.19. The zero-order chi connectivity index (χ0) is 17.8. The van der Waals surface area contributed by atoms with Gasteiger partial charge in [-0.1, -0.05) is 18.2 Å². The Bertz CT molecular complexity index is 848. The number of aromatic amines is 1. The van der Waals surface area contributed by atoms with Gasteiger partial charge in [0.05, 0.1) is 11.9 Å². The number of aromatic nitrogens is 3. The quantitative estimate of drug-likeness (QED) is 0.744. The van der Waals surface area contributed by atoms with Gasteiger partial charge in [0.15, 0.2) is 0 Å². The third-order valence-corrected chi connectivity index (χ3v) is 5.22. The van der Waals surface area contributed by atoms with Crippen molar-refractivity contribution in [1.29, 1.82) is 0 Å². The summed E-state index contributed by atoms with van der Waals surface area (Å²) >= 11 is 1.50. The number of nitrogens with zero attached hydrogens (tertiary/aromatic N) is 4. The molecule has 0 saturated carbocycles. The molecule has 0 spiro atoms. The van der Waals surface area contributed by atoms with E-state index in [1.165, 1.54) is 17.0 Å². The number of anilines is 2. The van der Waals surface area contributed by atoms with Gasteiger partial charge in [0.1, 0.15) is 10.7 Å². The summed E-state index contributed by atoms with van der Waals surface area (Å²) in [6.07, 6.45) is 4.30. The maximum atomic E-state index is 12.7. The standard InChI is InChI=1S/C18H20N6OS/c25-18(21-15-13-20-22-16(15)17-19-7-12-26-17)24-9-4-8-23(10-11-24)14-5-2-1-3-6-14/h1-3,5-7,12-13H,4,8-11H2,(H,20,22)(H,21,25). The summed E-state index contributed by atoms with van der Waals surface area (Å²) in [7, 11) is 0. The number of carbonyl (C=O) groups is 1.